The summed E-state index contributed by atoms with van der Waals surface area (Å²) < 4.78 is 32.6. The van der Waals surface area contributed by atoms with Crippen LogP contribution >= 0.6 is 11.6 Å². The van der Waals surface area contributed by atoms with E-state index in [9.17, 15) is 13.9 Å². The molecule has 7 nitrogen and oxygen atoms in total. The first kappa shape index (κ1) is 29.9. The molecule has 41 heavy (non-hydrogen) atoms. The maximum atomic E-state index is 13.4. The molecular formula is C31H40ClF2N5O2. The first-order valence-electron chi connectivity index (χ1n) is 14.4. The van der Waals surface area contributed by atoms with Gasteiger partial charge in [-0.3, -0.25) is 4.90 Å². The first-order valence-corrected chi connectivity index (χ1v) is 14.8. The molecule has 0 radical (unpaired) electrons. The van der Waals surface area contributed by atoms with E-state index < -0.39 is 12.0 Å². The lowest BCUT2D eigenvalue weighted by molar-refractivity contribution is -0.175. The number of aliphatic hydroxyl groups is 1. The van der Waals surface area contributed by atoms with Crippen molar-refractivity contribution in [3.63, 3.8) is 0 Å². The van der Waals surface area contributed by atoms with Crippen molar-refractivity contribution in [1.29, 1.82) is 5.41 Å². The molecule has 0 amide bonds. The number of hydrogen-bond donors (Lipinski definition) is 2. The molecule has 222 valence electrons. The number of nitrogens with zero attached hydrogens (tertiary/aromatic N) is 4. The number of halogens is 3. The van der Waals surface area contributed by atoms with Crippen LogP contribution in [0.5, 0.6) is 5.75 Å². The van der Waals surface area contributed by atoms with Crippen LogP contribution in [0, 0.1) is 17.7 Å². The second-order valence-corrected chi connectivity index (χ2v) is 12.8. The number of likely N-dealkylation sites (tertiary alicyclic amines) is 1. The van der Waals surface area contributed by atoms with Gasteiger partial charge in [-0.2, -0.15) is 0 Å². The zero-order chi connectivity index (χ0) is 29.7. The van der Waals surface area contributed by atoms with Gasteiger partial charge in [-0.15, -0.1) is 0 Å². The van der Waals surface area contributed by atoms with Crippen molar-refractivity contribution in [2.45, 2.75) is 78.4 Å². The Kier molecular flexibility index (Phi) is 8.18. The predicted octanol–water partition coefficient (Wildman–Crippen LogP) is 6.40. The number of allylic oxidation sites excluding steroid dienone is 2. The van der Waals surface area contributed by atoms with Gasteiger partial charge in [0.25, 0.3) is 5.92 Å². The molecule has 1 aromatic heterocycles. The SMILES string of the molecule is CCC[C@@H](O)COc1ccc(Cl)c(-c2nc(C(C(C)=N)=C(C)C)c(C)c(N3CC4(CC(N5CC(F)(F)C5)C4)C3)n2)c1. The Morgan fingerprint density at radius 2 is 1.85 bits per heavy atom. The summed E-state index contributed by atoms with van der Waals surface area (Å²) in [6.07, 6.45) is 2.83. The van der Waals surface area contributed by atoms with Crippen LogP contribution in [0.15, 0.2) is 23.8 Å². The minimum atomic E-state index is -2.53. The number of hydrogen-bond acceptors (Lipinski definition) is 7. The molecule has 0 bridgehead atoms. The van der Waals surface area contributed by atoms with E-state index in [4.69, 9.17) is 31.7 Å². The van der Waals surface area contributed by atoms with E-state index in [-0.39, 0.29) is 31.2 Å². The number of rotatable bonds is 10. The third-order valence-corrected chi connectivity index (χ3v) is 8.88. The maximum Gasteiger partial charge on any atom is 0.272 e. The topological polar surface area (TPSA) is 85.6 Å². The smallest absolute Gasteiger partial charge is 0.272 e. The Balaban J connectivity index is 1.44. The molecule has 0 unspecified atom stereocenters. The third-order valence-electron chi connectivity index (χ3n) is 8.55. The van der Waals surface area contributed by atoms with Crippen LogP contribution in [0.25, 0.3) is 17.0 Å². The van der Waals surface area contributed by atoms with E-state index in [0.29, 0.717) is 40.0 Å². The van der Waals surface area contributed by atoms with Crippen LogP contribution in [0.3, 0.4) is 0 Å². The van der Waals surface area contributed by atoms with E-state index in [1.807, 2.05) is 32.6 Å². The molecule has 10 heteroatoms. The number of nitrogens with one attached hydrogen (secondary N) is 1. The largest absolute Gasteiger partial charge is 0.491 e. The highest BCUT2D eigenvalue weighted by atomic mass is 35.5. The fourth-order valence-corrected chi connectivity index (χ4v) is 6.72. The van der Waals surface area contributed by atoms with E-state index in [1.165, 1.54) is 0 Å². The van der Waals surface area contributed by atoms with Crippen molar-refractivity contribution < 1.29 is 18.6 Å². The predicted molar refractivity (Wildman–Crippen MR) is 159 cm³/mol. The summed E-state index contributed by atoms with van der Waals surface area (Å²) in [4.78, 5) is 14.1. The molecule has 5 rings (SSSR count). The van der Waals surface area contributed by atoms with Crippen LogP contribution < -0.4 is 9.64 Å². The number of aliphatic hydroxyl groups excluding tert-OH is 1. The fourth-order valence-electron chi connectivity index (χ4n) is 6.52. The molecule has 1 aliphatic carbocycles. The van der Waals surface area contributed by atoms with Crippen molar-refractivity contribution in [1.82, 2.24) is 14.9 Å². The van der Waals surface area contributed by atoms with Gasteiger partial charge in [-0.25, -0.2) is 18.7 Å². The van der Waals surface area contributed by atoms with E-state index in [0.717, 1.165) is 54.9 Å². The number of ether oxygens (including phenoxy) is 1. The second-order valence-electron chi connectivity index (χ2n) is 12.4. The zero-order valence-corrected chi connectivity index (χ0v) is 25.3. The average molecular weight is 588 g/mol. The van der Waals surface area contributed by atoms with E-state index >= 15 is 0 Å². The Morgan fingerprint density at radius 3 is 2.44 bits per heavy atom. The van der Waals surface area contributed by atoms with Gasteiger partial charge in [-0.05, 0) is 65.2 Å². The van der Waals surface area contributed by atoms with Crippen molar-refractivity contribution >= 4 is 28.7 Å². The van der Waals surface area contributed by atoms with Gasteiger partial charge in [0, 0.05) is 47.0 Å². The van der Waals surface area contributed by atoms with Crippen molar-refractivity contribution in [3.05, 3.63) is 40.1 Å². The molecule has 3 aliphatic rings. The van der Waals surface area contributed by atoms with E-state index in [1.54, 1.807) is 25.1 Å². The van der Waals surface area contributed by atoms with Crippen LogP contribution in [0.4, 0.5) is 14.6 Å². The van der Waals surface area contributed by atoms with Crippen LogP contribution in [-0.2, 0) is 0 Å². The maximum absolute atomic E-state index is 13.4. The standard InChI is InChI=1S/C31H40ClF2N5O2/c1-6-7-22(40)13-41-23-8-9-25(32)24(10-23)28-36-27(26(18(2)3)20(5)35)19(4)29(37-28)39-14-30(15-39)11-21(12-30)38-16-31(33,34)17-38/h8-10,21-22,35,40H,6-7,11-17H2,1-5H3/t22-/m1/s1. The summed E-state index contributed by atoms with van der Waals surface area (Å²) in [6.45, 7) is 11.3. The molecule has 1 atom stereocenters. The van der Waals surface area contributed by atoms with Crippen molar-refractivity contribution in [3.8, 4) is 17.1 Å². The fraction of sp³-hybridized carbons (Fsp3) is 0.581. The minimum absolute atomic E-state index is 0.120. The summed E-state index contributed by atoms with van der Waals surface area (Å²) in [5, 5.41) is 19.1. The highest BCUT2D eigenvalue weighted by Crippen LogP contribution is 2.53. The molecular weight excluding hydrogens is 548 g/mol. The molecule has 2 aromatic rings. The van der Waals surface area contributed by atoms with Gasteiger partial charge in [0.05, 0.1) is 29.9 Å². The van der Waals surface area contributed by atoms with Gasteiger partial charge < -0.3 is 20.2 Å². The molecule has 3 fully saturated rings. The molecule has 1 spiro atoms. The van der Waals surface area contributed by atoms with E-state index in [2.05, 4.69) is 4.90 Å². The molecule has 2 saturated heterocycles. The van der Waals surface area contributed by atoms with Crippen molar-refractivity contribution in [2.24, 2.45) is 5.41 Å². The van der Waals surface area contributed by atoms with Gasteiger partial charge >= 0.3 is 0 Å². The van der Waals surface area contributed by atoms with Gasteiger partial charge in [0.1, 0.15) is 18.2 Å². The van der Waals surface area contributed by atoms with Crippen LogP contribution in [0.1, 0.15) is 64.6 Å². The molecule has 2 aliphatic heterocycles. The van der Waals surface area contributed by atoms with Crippen LogP contribution in [-0.4, -0.2) is 76.5 Å². The van der Waals surface area contributed by atoms with Gasteiger partial charge in [0.2, 0.25) is 0 Å². The number of benzene rings is 1. The molecule has 1 aromatic carbocycles. The summed E-state index contributed by atoms with van der Waals surface area (Å²) in [5.74, 6) is -0.721. The van der Waals surface area contributed by atoms with Crippen molar-refractivity contribution in [2.75, 3.05) is 37.7 Å². The zero-order valence-electron chi connectivity index (χ0n) is 24.5. The molecule has 3 heterocycles. The normalized spacial score (nSPS) is 20.2. The summed E-state index contributed by atoms with van der Waals surface area (Å²) >= 11 is 6.67. The van der Waals surface area contributed by atoms with Gasteiger partial charge in [0.15, 0.2) is 5.82 Å². The second kappa shape index (κ2) is 11.2. The lowest BCUT2D eigenvalue weighted by Gasteiger charge is -2.63. The minimum Gasteiger partial charge on any atom is -0.491 e. The monoisotopic (exact) mass is 587 g/mol. The Morgan fingerprint density at radius 1 is 1.17 bits per heavy atom. The molecule has 2 N–H and O–H groups in total. The quantitative estimate of drug-likeness (QED) is 0.313. The highest BCUT2D eigenvalue weighted by Gasteiger charge is 2.58. The summed E-state index contributed by atoms with van der Waals surface area (Å²) in [6, 6.07) is 5.56. The molecule has 1 saturated carbocycles. The number of aromatic nitrogens is 2. The lowest BCUT2D eigenvalue weighted by atomic mass is 9.59. The van der Waals surface area contributed by atoms with Gasteiger partial charge in [-0.1, -0.05) is 30.5 Å². The first-order chi connectivity index (χ1) is 19.3. The Labute approximate surface area is 246 Å². The Hall–Kier alpha value is -2.62. The summed E-state index contributed by atoms with van der Waals surface area (Å²) in [5.41, 5.74) is 4.53. The highest BCUT2D eigenvalue weighted by molar-refractivity contribution is 6.33. The Bertz CT molecular complexity index is 1350. The van der Waals surface area contributed by atoms with Crippen LogP contribution in [0.2, 0.25) is 5.02 Å². The lowest BCUT2D eigenvalue weighted by Crippen LogP contribution is -2.71. The summed E-state index contributed by atoms with van der Waals surface area (Å²) in [7, 11) is 0. The number of alkyl halides is 2. The number of anilines is 1. The average Bonchev–Trinajstić information content (AvgIpc) is 2.82. The third kappa shape index (κ3) is 5.99.